The zero-order chi connectivity index (χ0) is 15.0. The maximum atomic E-state index is 12.0. The third-order valence-corrected chi connectivity index (χ3v) is 2.95. The minimum Gasteiger partial charge on any atom is -0.385 e. The molecule has 20 heavy (non-hydrogen) atoms. The fourth-order valence-electron chi connectivity index (χ4n) is 1.59. The van der Waals surface area contributed by atoms with Crippen molar-refractivity contribution in [2.45, 2.75) is 27.2 Å². The lowest BCUT2D eigenvalue weighted by Crippen LogP contribution is -2.35. The molecule has 0 unspecified atom stereocenters. The summed E-state index contributed by atoms with van der Waals surface area (Å²) in [7, 11) is 1.68. The second kappa shape index (κ2) is 7.79. The van der Waals surface area contributed by atoms with Crippen LogP contribution < -0.4 is 10.6 Å². The van der Waals surface area contributed by atoms with E-state index in [4.69, 9.17) is 4.74 Å². The van der Waals surface area contributed by atoms with Crippen LogP contribution in [-0.4, -0.2) is 42.7 Å². The van der Waals surface area contributed by atoms with Crippen molar-refractivity contribution in [1.29, 1.82) is 0 Å². The van der Waals surface area contributed by atoms with Crippen molar-refractivity contribution >= 4 is 11.7 Å². The standard InChI is InChI=1S/C14H24N4O2/c1-5-15-12-9-16-11(8-17-12)13(19)18-10-14(2,3)6-7-20-4/h8-9H,5-7,10H2,1-4H3,(H,15,17)(H,18,19). The molecule has 0 aliphatic heterocycles. The van der Waals surface area contributed by atoms with Gasteiger partial charge in [-0.05, 0) is 18.8 Å². The van der Waals surface area contributed by atoms with E-state index in [-0.39, 0.29) is 11.3 Å². The topological polar surface area (TPSA) is 76.1 Å². The number of ether oxygens (including phenoxy) is 1. The van der Waals surface area contributed by atoms with Crippen molar-refractivity contribution in [3.63, 3.8) is 0 Å². The van der Waals surface area contributed by atoms with Gasteiger partial charge in [-0.2, -0.15) is 0 Å². The number of nitrogens with one attached hydrogen (secondary N) is 2. The van der Waals surface area contributed by atoms with E-state index in [1.54, 1.807) is 13.3 Å². The molecular formula is C14H24N4O2. The maximum Gasteiger partial charge on any atom is 0.271 e. The molecule has 0 saturated heterocycles. The largest absolute Gasteiger partial charge is 0.385 e. The lowest BCUT2D eigenvalue weighted by atomic mass is 9.90. The van der Waals surface area contributed by atoms with E-state index in [2.05, 4.69) is 34.4 Å². The molecule has 0 saturated carbocycles. The van der Waals surface area contributed by atoms with Gasteiger partial charge < -0.3 is 15.4 Å². The Morgan fingerprint density at radius 1 is 1.35 bits per heavy atom. The monoisotopic (exact) mass is 280 g/mol. The lowest BCUT2D eigenvalue weighted by Gasteiger charge is -2.24. The molecule has 1 aromatic heterocycles. The van der Waals surface area contributed by atoms with Crippen molar-refractivity contribution < 1.29 is 9.53 Å². The highest BCUT2D eigenvalue weighted by molar-refractivity contribution is 5.92. The molecule has 1 rings (SSSR count). The fraction of sp³-hybridized carbons (Fsp3) is 0.643. The third kappa shape index (κ3) is 5.52. The predicted molar refractivity (Wildman–Crippen MR) is 78.8 cm³/mol. The van der Waals surface area contributed by atoms with Gasteiger partial charge in [-0.3, -0.25) is 4.79 Å². The summed E-state index contributed by atoms with van der Waals surface area (Å²) in [6.45, 7) is 8.18. The predicted octanol–water partition coefficient (Wildman–Crippen LogP) is 1.70. The van der Waals surface area contributed by atoms with E-state index in [9.17, 15) is 4.79 Å². The molecule has 1 aromatic rings. The van der Waals surface area contributed by atoms with E-state index in [1.165, 1.54) is 6.20 Å². The molecule has 6 heteroatoms. The molecule has 1 heterocycles. The fourth-order valence-corrected chi connectivity index (χ4v) is 1.59. The van der Waals surface area contributed by atoms with Gasteiger partial charge in [0.2, 0.25) is 0 Å². The summed E-state index contributed by atoms with van der Waals surface area (Å²) < 4.78 is 5.06. The van der Waals surface area contributed by atoms with Crippen LogP contribution in [0.1, 0.15) is 37.7 Å². The van der Waals surface area contributed by atoms with Gasteiger partial charge in [0, 0.05) is 26.8 Å². The number of amides is 1. The van der Waals surface area contributed by atoms with Gasteiger partial charge in [0.1, 0.15) is 11.5 Å². The lowest BCUT2D eigenvalue weighted by molar-refractivity contribution is 0.0915. The van der Waals surface area contributed by atoms with Gasteiger partial charge in [0.15, 0.2) is 0 Å². The molecule has 0 aliphatic carbocycles. The molecule has 0 bridgehead atoms. The number of hydrogen-bond acceptors (Lipinski definition) is 5. The summed E-state index contributed by atoms with van der Waals surface area (Å²) in [5, 5.41) is 5.92. The Kier molecular flexibility index (Phi) is 6.38. The van der Waals surface area contributed by atoms with Gasteiger partial charge >= 0.3 is 0 Å². The van der Waals surface area contributed by atoms with Crippen LogP contribution >= 0.6 is 0 Å². The van der Waals surface area contributed by atoms with Crippen LogP contribution in [0, 0.1) is 5.41 Å². The number of methoxy groups -OCH3 is 1. The van der Waals surface area contributed by atoms with Gasteiger partial charge in [0.25, 0.3) is 5.91 Å². The van der Waals surface area contributed by atoms with E-state index < -0.39 is 0 Å². The molecule has 0 aliphatic rings. The molecular weight excluding hydrogens is 256 g/mol. The summed E-state index contributed by atoms with van der Waals surface area (Å²) in [5.74, 6) is 0.468. The first kappa shape index (κ1) is 16.4. The van der Waals surface area contributed by atoms with E-state index >= 15 is 0 Å². The number of nitrogens with zero attached hydrogens (tertiary/aromatic N) is 2. The van der Waals surface area contributed by atoms with Gasteiger partial charge in [0.05, 0.1) is 12.4 Å². The van der Waals surface area contributed by atoms with Gasteiger partial charge in [-0.25, -0.2) is 9.97 Å². The second-order valence-electron chi connectivity index (χ2n) is 5.41. The normalized spacial score (nSPS) is 11.2. The molecule has 0 aromatic carbocycles. The van der Waals surface area contributed by atoms with E-state index in [0.717, 1.165) is 13.0 Å². The highest BCUT2D eigenvalue weighted by Gasteiger charge is 2.19. The maximum absolute atomic E-state index is 12.0. The zero-order valence-corrected chi connectivity index (χ0v) is 12.7. The van der Waals surface area contributed by atoms with Crippen molar-refractivity contribution in [3.8, 4) is 0 Å². The smallest absolute Gasteiger partial charge is 0.271 e. The molecule has 112 valence electrons. The Morgan fingerprint density at radius 3 is 2.65 bits per heavy atom. The summed E-state index contributed by atoms with van der Waals surface area (Å²) in [6.07, 6.45) is 3.93. The Morgan fingerprint density at radius 2 is 2.10 bits per heavy atom. The Balaban J connectivity index is 2.49. The number of anilines is 1. The highest BCUT2D eigenvalue weighted by atomic mass is 16.5. The van der Waals surface area contributed by atoms with Gasteiger partial charge in [-0.15, -0.1) is 0 Å². The summed E-state index contributed by atoms with van der Waals surface area (Å²) >= 11 is 0. The van der Waals surface area contributed by atoms with Crippen molar-refractivity contribution in [2.24, 2.45) is 5.41 Å². The number of carbonyl (C=O) groups excluding carboxylic acids is 1. The Bertz CT molecular complexity index is 418. The molecule has 2 N–H and O–H groups in total. The molecule has 6 nitrogen and oxygen atoms in total. The second-order valence-corrected chi connectivity index (χ2v) is 5.41. The zero-order valence-electron chi connectivity index (χ0n) is 12.7. The van der Waals surface area contributed by atoms with Crippen LogP contribution in [0.25, 0.3) is 0 Å². The van der Waals surface area contributed by atoms with Crippen LogP contribution in [0.4, 0.5) is 5.82 Å². The number of aromatic nitrogens is 2. The van der Waals surface area contributed by atoms with Crippen LogP contribution in [-0.2, 0) is 4.74 Å². The summed E-state index contributed by atoms with van der Waals surface area (Å²) in [6, 6.07) is 0. The molecule has 0 atom stereocenters. The third-order valence-electron chi connectivity index (χ3n) is 2.95. The molecule has 1 amide bonds. The number of hydrogen-bond donors (Lipinski definition) is 2. The van der Waals surface area contributed by atoms with E-state index in [0.29, 0.717) is 24.7 Å². The molecule has 0 fully saturated rings. The van der Waals surface area contributed by atoms with Crippen molar-refractivity contribution in [1.82, 2.24) is 15.3 Å². The average Bonchev–Trinajstić information content (AvgIpc) is 2.44. The van der Waals surface area contributed by atoms with Crippen LogP contribution in [0.5, 0.6) is 0 Å². The minimum atomic E-state index is -0.203. The Hall–Kier alpha value is -1.69. The SMILES string of the molecule is CCNc1cnc(C(=O)NCC(C)(C)CCOC)cn1. The highest BCUT2D eigenvalue weighted by Crippen LogP contribution is 2.18. The Labute approximate surface area is 120 Å². The van der Waals surface area contributed by atoms with Crippen LogP contribution in [0.15, 0.2) is 12.4 Å². The first-order chi connectivity index (χ1) is 9.48. The van der Waals surface area contributed by atoms with Crippen LogP contribution in [0.2, 0.25) is 0 Å². The molecule has 0 spiro atoms. The van der Waals surface area contributed by atoms with Crippen molar-refractivity contribution in [2.75, 3.05) is 32.1 Å². The first-order valence-electron chi connectivity index (χ1n) is 6.81. The number of rotatable bonds is 8. The van der Waals surface area contributed by atoms with Crippen LogP contribution in [0.3, 0.4) is 0 Å². The van der Waals surface area contributed by atoms with Gasteiger partial charge in [-0.1, -0.05) is 13.8 Å². The first-order valence-corrected chi connectivity index (χ1v) is 6.81. The number of carbonyl (C=O) groups is 1. The van der Waals surface area contributed by atoms with E-state index in [1.807, 2.05) is 6.92 Å². The average molecular weight is 280 g/mol. The summed E-state index contributed by atoms with van der Waals surface area (Å²) in [4.78, 5) is 20.2. The van der Waals surface area contributed by atoms with Crippen molar-refractivity contribution in [3.05, 3.63) is 18.1 Å². The quantitative estimate of drug-likeness (QED) is 0.758. The summed E-state index contributed by atoms with van der Waals surface area (Å²) in [5.41, 5.74) is 0.317. The molecule has 0 radical (unpaired) electrons. The minimum absolute atomic E-state index is 0.0111.